The quantitative estimate of drug-likeness (QED) is 0.854. The first kappa shape index (κ1) is 14.7. The molecule has 0 radical (unpaired) electrons. The average Bonchev–Trinajstić information content (AvgIpc) is 2.89. The van der Waals surface area contributed by atoms with Gasteiger partial charge in [-0.3, -0.25) is 4.90 Å². The summed E-state index contributed by atoms with van der Waals surface area (Å²) in [6.07, 6.45) is -0.627. The zero-order valence-corrected chi connectivity index (χ0v) is 12.9. The summed E-state index contributed by atoms with van der Waals surface area (Å²) in [4.78, 5) is 13.6. The molecule has 1 unspecified atom stereocenters. The Morgan fingerprint density at radius 3 is 2.55 bits per heavy atom. The molecule has 1 heterocycles. The first-order valence-corrected chi connectivity index (χ1v) is 7.43. The van der Waals surface area contributed by atoms with E-state index in [1.54, 1.807) is 29.2 Å². The van der Waals surface area contributed by atoms with Crippen LogP contribution in [0.1, 0.15) is 5.56 Å². The highest BCUT2D eigenvalue weighted by atomic mass is 35.5. The van der Waals surface area contributed by atoms with Crippen LogP contribution in [0.15, 0.2) is 48.5 Å². The van der Waals surface area contributed by atoms with Gasteiger partial charge >= 0.3 is 6.09 Å². The molecule has 0 spiro atoms. The van der Waals surface area contributed by atoms with E-state index >= 15 is 0 Å². The van der Waals surface area contributed by atoms with Gasteiger partial charge in [-0.15, -0.1) is 0 Å². The lowest BCUT2D eigenvalue weighted by Gasteiger charge is -2.13. The van der Waals surface area contributed by atoms with Crippen LogP contribution in [0.25, 0.3) is 0 Å². The lowest BCUT2D eigenvalue weighted by Crippen LogP contribution is -2.26. The van der Waals surface area contributed by atoms with E-state index in [9.17, 15) is 4.79 Å². The van der Waals surface area contributed by atoms with E-state index in [1.807, 2.05) is 31.2 Å². The van der Waals surface area contributed by atoms with E-state index < -0.39 is 0 Å². The third kappa shape index (κ3) is 3.34. The molecule has 1 atom stereocenters. The molecular weight excluding hydrogens is 302 g/mol. The van der Waals surface area contributed by atoms with Crippen molar-refractivity contribution in [3.05, 3.63) is 59.1 Å². The van der Waals surface area contributed by atoms with Gasteiger partial charge in [-0.2, -0.15) is 0 Å². The van der Waals surface area contributed by atoms with Gasteiger partial charge in [0.2, 0.25) is 0 Å². The average molecular weight is 318 g/mol. The summed E-state index contributed by atoms with van der Waals surface area (Å²) in [5, 5.41) is 0.658. The molecule has 0 N–H and O–H groups in total. The molecule has 4 nitrogen and oxygen atoms in total. The summed E-state index contributed by atoms with van der Waals surface area (Å²) in [7, 11) is 0. The van der Waals surface area contributed by atoms with Crippen molar-refractivity contribution in [2.45, 2.75) is 13.0 Å². The van der Waals surface area contributed by atoms with Crippen molar-refractivity contribution >= 4 is 23.4 Å². The molecule has 0 bridgehead atoms. The standard InChI is InChI=1S/C17H16ClNO3/c1-12-2-6-14(7-3-12)19-10-16(22-17(19)20)11-21-15-8-4-13(18)5-9-15/h2-9,16H,10-11H2,1H3. The van der Waals surface area contributed by atoms with Crippen LogP contribution in [-0.2, 0) is 4.74 Å². The number of aryl methyl sites for hydroxylation is 1. The van der Waals surface area contributed by atoms with Crippen molar-refractivity contribution in [2.75, 3.05) is 18.1 Å². The second-order valence-corrected chi connectivity index (χ2v) is 5.65. The Balaban J connectivity index is 1.59. The zero-order valence-electron chi connectivity index (χ0n) is 12.2. The fraction of sp³-hybridized carbons (Fsp3) is 0.235. The molecule has 1 amide bonds. The molecule has 0 aromatic heterocycles. The molecule has 2 aromatic carbocycles. The Kier molecular flexibility index (Phi) is 4.20. The monoisotopic (exact) mass is 317 g/mol. The van der Waals surface area contributed by atoms with E-state index in [1.165, 1.54) is 0 Å². The molecule has 5 heteroatoms. The molecule has 0 saturated carbocycles. The Morgan fingerprint density at radius 1 is 1.18 bits per heavy atom. The fourth-order valence-electron chi connectivity index (χ4n) is 2.26. The number of ether oxygens (including phenoxy) is 2. The van der Waals surface area contributed by atoms with Gasteiger partial charge < -0.3 is 9.47 Å². The molecular formula is C17H16ClNO3. The van der Waals surface area contributed by atoms with Gasteiger partial charge in [0, 0.05) is 10.7 Å². The number of anilines is 1. The van der Waals surface area contributed by atoms with Crippen molar-refractivity contribution in [2.24, 2.45) is 0 Å². The molecule has 1 saturated heterocycles. The number of benzene rings is 2. The van der Waals surface area contributed by atoms with Crippen LogP contribution in [0.4, 0.5) is 10.5 Å². The number of cyclic esters (lactones) is 1. The molecule has 22 heavy (non-hydrogen) atoms. The molecule has 0 aliphatic carbocycles. The minimum absolute atomic E-state index is 0.288. The van der Waals surface area contributed by atoms with E-state index in [0.29, 0.717) is 23.9 Å². The maximum atomic E-state index is 12.0. The normalized spacial score (nSPS) is 17.5. The number of hydrogen-bond donors (Lipinski definition) is 0. The highest BCUT2D eigenvalue weighted by molar-refractivity contribution is 6.30. The maximum Gasteiger partial charge on any atom is 0.414 e. The van der Waals surface area contributed by atoms with Crippen molar-refractivity contribution in [3.8, 4) is 5.75 Å². The Labute approximate surface area is 134 Å². The third-order valence-electron chi connectivity index (χ3n) is 3.47. The van der Waals surface area contributed by atoms with E-state index in [4.69, 9.17) is 21.1 Å². The smallest absolute Gasteiger partial charge is 0.414 e. The Hall–Kier alpha value is -2.20. The summed E-state index contributed by atoms with van der Waals surface area (Å²) in [5.41, 5.74) is 1.99. The highest BCUT2D eigenvalue weighted by Gasteiger charge is 2.32. The predicted molar refractivity (Wildman–Crippen MR) is 85.7 cm³/mol. The lowest BCUT2D eigenvalue weighted by molar-refractivity contribution is 0.105. The SMILES string of the molecule is Cc1ccc(N2CC(COc3ccc(Cl)cc3)OC2=O)cc1. The van der Waals surface area contributed by atoms with Crippen LogP contribution < -0.4 is 9.64 Å². The summed E-state index contributed by atoms with van der Waals surface area (Å²) < 4.78 is 11.0. The van der Waals surface area contributed by atoms with E-state index in [2.05, 4.69) is 0 Å². The van der Waals surface area contributed by atoms with Gasteiger partial charge in [-0.1, -0.05) is 29.3 Å². The third-order valence-corrected chi connectivity index (χ3v) is 3.72. The van der Waals surface area contributed by atoms with Crippen LogP contribution in [0.3, 0.4) is 0 Å². The number of nitrogens with zero attached hydrogens (tertiary/aromatic N) is 1. The van der Waals surface area contributed by atoms with Gasteiger partial charge in [-0.25, -0.2) is 4.79 Å². The predicted octanol–water partition coefficient (Wildman–Crippen LogP) is 4.05. The number of carbonyl (C=O) groups excluding carboxylic acids is 1. The van der Waals surface area contributed by atoms with Gasteiger partial charge in [0.1, 0.15) is 12.4 Å². The first-order valence-electron chi connectivity index (χ1n) is 7.05. The summed E-state index contributed by atoms with van der Waals surface area (Å²) in [6, 6.07) is 14.9. The van der Waals surface area contributed by atoms with Crippen LogP contribution in [0.5, 0.6) is 5.75 Å². The maximum absolute atomic E-state index is 12.0. The van der Waals surface area contributed by atoms with Gasteiger partial charge in [0.25, 0.3) is 0 Å². The minimum Gasteiger partial charge on any atom is -0.490 e. The topological polar surface area (TPSA) is 38.8 Å². The number of amides is 1. The van der Waals surface area contributed by atoms with Crippen LogP contribution >= 0.6 is 11.6 Å². The first-order chi connectivity index (χ1) is 10.6. The van der Waals surface area contributed by atoms with Gasteiger partial charge in [0.15, 0.2) is 6.10 Å². The second kappa shape index (κ2) is 6.28. The Morgan fingerprint density at radius 2 is 1.86 bits per heavy atom. The number of rotatable bonds is 4. The zero-order chi connectivity index (χ0) is 15.5. The van der Waals surface area contributed by atoms with Gasteiger partial charge in [-0.05, 0) is 43.3 Å². The molecule has 3 rings (SSSR count). The Bertz CT molecular complexity index is 655. The van der Waals surface area contributed by atoms with E-state index in [-0.39, 0.29) is 12.2 Å². The van der Waals surface area contributed by atoms with Crippen LogP contribution in [-0.4, -0.2) is 25.3 Å². The van der Waals surface area contributed by atoms with Crippen LogP contribution in [0, 0.1) is 6.92 Å². The van der Waals surface area contributed by atoms with Gasteiger partial charge in [0.05, 0.1) is 6.54 Å². The lowest BCUT2D eigenvalue weighted by atomic mass is 10.2. The highest BCUT2D eigenvalue weighted by Crippen LogP contribution is 2.23. The molecule has 2 aromatic rings. The van der Waals surface area contributed by atoms with E-state index in [0.717, 1.165) is 11.3 Å². The van der Waals surface area contributed by atoms with Crippen LogP contribution in [0.2, 0.25) is 5.02 Å². The number of hydrogen-bond acceptors (Lipinski definition) is 3. The minimum atomic E-state index is -0.339. The summed E-state index contributed by atoms with van der Waals surface area (Å²) in [5.74, 6) is 0.703. The second-order valence-electron chi connectivity index (χ2n) is 5.22. The fourth-order valence-corrected chi connectivity index (χ4v) is 2.39. The van der Waals surface area contributed by atoms with Crippen molar-refractivity contribution in [1.82, 2.24) is 0 Å². The molecule has 1 aliphatic rings. The molecule has 1 fully saturated rings. The van der Waals surface area contributed by atoms with Crippen molar-refractivity contribution in [1.29, 1.82) is 0 Å². The summed E-state index contributed by atoms with van der Waals surface area (Å²) in [6.45, 7) is 2.81. The largest absolute Gasteiger partial charge is 0.490 e. The molecule has 1 aliphatic heterocycles. The van der Waals surface area contributed by atoms with Crippen molar-refractivity contribution < 1.29 is 14.3 Å². The molecule has 114 valence electrons. The number of halogens is 1. The number of carbonyl (C=O) groups is 1. The summed E-state index contributed by atoms with van der Waals surface area (Å²) >= 11 is 5.82. The van der Waals surface area contributed by atoms with Crippen molar-refractivity contribution in [3.63, 3.8) is 0 Å².